The van der Waals surface area contributed by atoms with Crippen LogP contribution in [0.2, 0.25) is 0 Å². The molecule has 8 nitrogen and oxygen atoms in total. The number of carbonyl (C=O) groups is 1. The van der Waals surface area contributed by atoms with Gasteiger partial charge in [-0.05, 0) is 62.8 Å². The van der Waals surface area contributed by atoms with Gasteiger partial charge in [-0.3, -0.25) is 14.6 Å². The highest BCUT2D eigenvalue weighted by Gasteiger charge is 2.20. The van der Waals surface area contributed by atoms with Gasteiger partial charge in [-0.1, -0.05) is 0 Å². The molecule has 0 radical (unpaired) electrons. The molecular formula is C22H28N6O2S. The second kappa shape index (κ2) is 9.49. The molecule has 0 saturated carbocycles. The Balaban J connectivity index is 1.32. The Labute approximate surface area is 185 Å². The number of anilines is 2. The molecule has 9 heteroatoms. The number of carbonyl (C=O) groups excluding carboxylic acids is 1. The number of nitrogens with zero attached hydrogens (tertiary/aromatic N) is 4. The van der Waals surface area contributed by atoms with Crippen LogP contribution in [-0.2, 0) is 0 Å². The standard InChI is InChI=1S/C22H28N6O2S/c1-26(2)10-3-9-23-20(29)16-4-6-17(7-5-16)27-11-13-28(14-12-27)22-24-18-8-15-31-19(18)21(30)25-22/h4-8,15H,3,9-14H2,1-2H3,(H,23,29)(H,24,25,30). The lowest BCUT2D eigenvalue weighted by Crippen LogP contribution is -2.47. The van der Waals surface area contributed by atoms with Crippen molar-refractivity contribution in [3.05, 3.63) is 51.6 Å². The van der Waals surface area contributed by atoms with Crippen molar-refractivity contribution < 1.29 is 4.79 Å². The summed E-state index contributed by atoms with van der Waals surface area (Å²) in [5.74, 6) is 0.603. The number of fused-ring (bicyclic) bond motifs is 1. The Kier molecular flexibility index (Phi) is 6.53. The number of rotatable bonds is 7. The van der Waals surface area contributed by atoms with Gasteiger partial charge in [0.2, 0.25) is 5.95 Å². The van der Waals surface area contributed by atoms with Crippen LogP contribution in [-0.4, -0.2) is 74.1 Å². The van der Waals surface area contributed by atoms with Crippen LogP contribution >= 0.6 is 11.3 Å². The lowest BCUT2D eigenvalue weighted by Gasteiger charge is -2.36. The molecule has 1 aliphatic heterocycles. The summed E-state index contributed by atoms with van der Waals surface area (Å²) in [6, 6.07) is 9.65. The Morgan fingerprint density at radius 1 is 1.13 bits per heavy atom. The number of thiophene rings is 1. The summed E-state index contributed by atoms with van der Waals surface area (Å²) in [6.45, 7) is 4.81. The van der Waals surface area contributed by atoms with Crippen molar-refractivity contribution in [3.8, 4) is 0 Å². The van der Waals surface area contributed by atoms with Crippen LogP contribution in [0.3, 0.4) is 0 Å². The Morgan fingerprint density at radius 2 is 1.84 bits per heavy atom. The normalized spacial score (nSPS) is 14.4. The van der Waals surface area contributed by atoms with Crippen molar-refractivity contribution in [2.24, 2.45) is 0 Å². The smallest absolute Gasteiger partial charge is 0.270 e. The number of benzene rings is 1. The number of piperazine rings is 1. The summed E-state index contributed by atoms with van der Waals surface area (Å²) in [7, 11) is 4.05. The predicted octanol–water partition coefficient (Wildman–Crippen LogP) is 1.99. The SMILES string of the molecule is CN(C)CCCNC(=O)c1ccc(N2CCN(c3nc4ccsc4c(=O)[nH]3)CC2)cc1. The largest absolute Gasteiger partial charge is 0.368 e. The summed E-state index contributed by atoms with van der Waals surface area (Å²) in [4.78, 5) is 38.6. The molecule has 3 heterocycles. The van der Waals surface area contributed by atoms with Crippen LogP contribution < -0.4 is 20.7 Å². The van der Waals surface area contributed by atoms with Crippen molar-refractivity contribution in [3.63, 3.8) is 0 Å². The van der Waals surface area contributed by atoms with Crippen molar-refractivity contribution in [2.45, 2.75) is 6.42 Å². The molecule has 0 bridgehead atoms. The summed E-state index contributed by atoms with van der Waals surface area (Å²) >= 11 is 1.41. The fourth-order valence-corrected chi connectivity index (χ4v) is 4.44. The van der Waals surface area contributed by atoms with Crippen LogP contribution in [0.15, 0.2) is 40.5 Å². The molecule has 2 N–H and O–H groups in total. The molecule has 0 unspecified atom stereocenters. The van der Waals surface area contributed by atoms with Crippen molar-refractivity contribution >= 4 is 39.1 Å². The van der Waals surface area contributed by atoms with E-state index in [2.05, 4.69) is 30.0 Å². The molecule has 1 saturated heterocycles. The van der Waals surface area contributed by atoms with E-state index in [9.17, 15) is 9.59 Å². The topological polar surface area (TPSA) is 84.6 Å². The average Bonchev–Trinajstić information content (AvgIpc) is 3.26. The van der Waals surface area contributed by atoms with Crippen LogP contribution in [0.5, 0.6) is 0 Å². The molecule has 1 amide bonds. The van der Waals surface area contributed by atoms with Crippen molar-refractivity contribution in [1.29, 1.82) is 0 Å². The zero-order valence-corrected chi connectivity index (χ0v) is 18.7. The third kappa shape index (κ3) is 5.05. The maximum atomic E-state index is 12.3. The van der Waals surface area contributed by atoms with Gasteiger partial charge >= 0.3 is 0 Å². The minimum atomic E-state index is -0.0759. The first kappa shape index (κ1) is 21.3. The van der Waals surface area contributed by atoms with Crippen molar-refractivity contribution in [2.75, 3.05) is 63.2 Å². The number of hydrogen-bond donors (Lipinski definition) is 2. The van der Waals surface area contributed by atoms with Gasteiger partial charge in [0.05, 0.1) is 5.52 Å². The number of aromatic amines is 1. The highest BCUT2D eigenvalue weighted by atomic mass is 32.1. The van der Waals surface area contributed by atoms with Crippen LogP contribution in [0.25, 0.3) is 10.2 Å². The van der Waals surface area contributed by atoms with E-state index in [0.717, 1.165) is 50.3 Å². The third-order valence-corrected chi connectivity index (χ3v) is 6.35. The Morgan fingerprint density at radius 3 is 2.55 bits per heavy atom. The van der Waals surface area contributed by atoms with E-state index in [1.807, 2.05) is 49.8 Å². The number of nitrogens with one attached hydrogen (secondary N) is 2. The molecule has 0 spiro atoms. The van der Waals surface area contributed by atoms with Gasteiger partial charge < -0.3 is 20.0 Å². The number of H-pyrrole nitrogens is 1. The number of hydrogen-bond acceptors (Lipinski definition) is 7. The molecule has 1 aromatic carbocycles. The molecule has 1 fully saturated rings. The predicted molar refractivity (Wildman–Crippen MR) is 127 cm³/mol. The van der Waals surface area contributed by atoms with Gasteiger partial charge in [0.15, 0.2) is 0 Å². The fourth-order valence-electron chi connectivity index (χ4n) is 3.71. The highest BCUT2D eigenvalue weighted by Crippen LogP contribution is 2.21. The zero-order valence-electron chi connectivity index (χ0n) is 17.9. The van der Waals surface area contributed by atoms with E-state index in [1.165, 1.54) is 11.3 Å². The molecule has 0 aliphatic carbocycles. The molecule has 0 atom stereocenters. The summed E-state index contributed by atoms with van der Waals surface area (Å²) in [5, 5.41) is 4.86. The van der Waals surface area contributed by atoms with Crippen molar-refractivity contribution in [1.82, 2.24) is 20.2 Å². The molecule has 2 aromatic heterocycles. The maximum Gasteiger partial charge on any atom is 0.270 e. The first-order chi connectivity index (χ1) is 15.0. The van der Waals surface area contributed by atoms with Gasteiger partial charge in [-0.15, -0.1) is 11.3 Å². The lowest BCUT2D eigenvalue weighted by molar-refractivity contribution is 0.0952. The second-order valence-electron chi connectivity index (χ2n) is 7.96. The molecule has 164 valence electrons. The Bertz CT molecular complexity index is 1080. The first-order valence-electron chi connectivity index (χ1n) is 10.5. The summed E-state index contributed by atoms with van der Waals surface area (Å²) < 4.78 is 0.671. The molecule has 31 heavy (non-hydrogen) atoms. The van der Waals surface area contributed by atoms with E-state index in [0.29, 0.717) is 22.8 Å². The quantitative estimate of drug-likeness (QED) is 0.547. The van der Waals surface area contributed by atoms with Gasteiger partial charge in [0.1, 0.15) is 4.70 Å². The molecular weight excluding hydrogens is 412 g/mol. The number of aromatic nitrogens is 2. The lowest BCUT2D eigenvalue weighted by atomic mass is 10.1. The average molecular weight is 441 g/mol. The van der Waals surface area contributed by atoms with E-state index in [-0.39, 0.29) is 11.5 Å². The van der Waals surface area contributed by atoms with E-state index in [4.69, 9.17) is 0 Å². The third-order valence-electron chi connectivity index (χ3n) is 5.44. The van der Waals surface area contributed by atoms with Crippen LogP contribution in [0, 0.1) is 0 Å². The number of amides is 1. The van der Waals surface area contributed by atoms with Gasteiger partial charge in [0, 0.05) is 44.0 Å². The fraction of sp³-hybridized carbons (Fsp3) is 0.409. The van der Waals surface area contributed by atoms with E-state index in [1.54, 1.807) is 0 Å². The van der Waals surface area contributed by atoms with Gasteiger partial charge in [0.25, 0.3) is 11.5 Å². The van der Waals surface area contributed by atoms with E-state index >= 15 is 0 Å². The zero-order chi connectivity index (χ0) is 21.8. The monoisotopic (exact) mass is 440 g/mol. The molecule has 4 rings (SSSR count). The Hall–Kier alpha value is -2.91. The van der Waals surface area contributed by atoms with Crippen LogP contribution in [0.4, 0.5) is 11.6 Å². The molecule has 3 aromatic rings. The highest BCUT2D eigenvalue weighted by molar-refractivity contribution is 7.17. The molecule has 1 aliphatic rings. The minimum Gasteiger partial charge on any atom is -0.368 e. The van der Waals surface area contributed by atoms with E-state index < -0.39 is 0 Å². The maximum absolute atomic E-state index is 12.3. The van der Waals surface area contributed by atoms with Gasteiger partial charge in [-0.2, -0.15) is 0 Å². The second-order valence-corrected chi connectivity index (χ2v) is 8.87. The summed E-state index contributed by atoms with van der Waals surface area (Å²) in [6.07, 6.45) is 0.931. The van der Waals surface area contributed by atoms with Crippen LogP contribution in [0.1, 0.15) is 16.8 Å². The first-order valence-corrected chi connectivity index (χ1v) is 11.4. The summed E-state index contributed by atoms with van der Waals surface area (Å²) in [5.41, 5.74) is 2.45. The van der Waals surface area contributed by atoms with Gasteiger partial charge in [-0.25, -0.2) is 4.98 Å². The minimum absolute atomic E-state index is 0.0334.